The fraction of sp³-hybridized carbons (Fsp3) is 0.650. The maximum Gasteiger partial charge on any atom is 0.154 e. The quantitative estimate of drug-likeness (QED) is 0.484. The van der Waals surface area contributed by atoms with E-state index in [0.29, 0.717) is 11.1 Å². The van der Waals surface area contributed by atoms with E-state index < -0.39 is 0 Å². The molecule has 0 amide bonds. The predicted octanol–water partition coefficient (Wildman–Crippen LogP) is 5.48. The van der Waals surface area contributed by atoms with Crippen LogP contribution < -0.4 is 0 Å². The first-order valence-electron chi connectivity index (χ1n) is 8.57. The van der Waals surface area contributed by atoms with Crippen LogP contribution in [0.2, 0.25) is 0 Å². The molecule has 2 nitrogen and oxygen atoms in total. The fourth-order valence-corrected chi connectivity index (χ4v) is 2.61. The number of hydrogen-bond donors (Lipinski definition) is 1. The lowest BCUT2D eigenvalue weighted by Gasteiger charge is -2.17. The van der Waals surface area contributed by atoms with Crippen LogP contribution in [0, 0.1) is 17.8 Å². The van der Waals surface area contributed by atoms with E-state index in [0.717, 1.165) is 18.4 Å². The van der Waals surface area contributed by atoms with Gasteiger partial charge in [-0.1, -0.05) is 59.3 Å². The van der Waals surface area contributed by atoms with Crippen molar-refractivity contribution in [2.75, 3.05) is 0 Å². The molecule has 0 saturated heterocycles. The van der Waals surface area contributed by atoms with Crippen LogP contribution in [-0.4, -0.2) is 10.1 Å². The molecule has 1 rings (SSSR count). The van der Waals surface area contributed by atoms with Gasteiger partial charge in [0.1, 0.15) is 5.75 Å². The Bertz CT molecular complexity index is 479. The van der Waals surface area contributed by atoms with Gasteiger partial charge >= 0.3 is 0 Å². The molecule has 0 saturated carbocycles. The normalized spacial score (nSPS) is 11.4. The number of unbranched alkanes of at least 4 members (excludes halogenated alkanes) is 6. The average Bonchev–Trinajstić information content (AvgIpc) is 2.44. The number of aromatic hydroxyl groups is 1. The summed E-state index contributed by atoms with van der Waals surface area (Å²) >= 11 is 0. The smallest absolute Gasteiger partial charge is 0.154 e. The highest BCUT2D eigenvalue weighted by Gasteiger charge is 2.08. The molecular formula is C20H31NO. The molecule has 1 aromatic heterocycles. The van der Waals surface area contributed by atoms with E-state index in [1.807, 2.05) is 0 Å². The van der Waals surface area contributed by atoms with Crippen molar-refractivity contribution < 1.29 is 5.11 Å². The zero-order chi connectivity index (χ0) is 16.4. The Morgan fingerprint density at radius 1 is 1.05 bits per heavy atom. The molecule has 1 aromatic rings. The molecule has 0 radical (unpaired) electrons. The van der Waals surface area contributed by atoms with Crippen molar-refractivity contribution in [3.8, 4) is 18.1 Å². The van der Waals surface area contributed by atoms with Gasteiger partial charge in [-0.3, -0.25) is 0 Å². The van der Waals surface area contributed by atoms with E-state index in [2.05, 4.69) is 31.7 Å². The van der Waals surface area contributed by atoms with E-state index in [1.54, 1.807) is 12.3 Å². The molecule has 0 bridgehead atoms. The summed E-state index contributed by atoms with van der Waals surface area (Å²) in [6.45, 7) is 6.95. The topological polar surface area (TPSA) is 33.1 Å². The SMILES string of the molecule is C#Cc1ncc(CCCCCCCCCC(C)(C)C)cc1O. The lowest BCUT2D eigenvalue weighted by atomic mass is 9.89. The van der Waals surface area contributed by atoms with Gasteiger partial charge in [-0.15, -0.1) is 6.42 Å². The van der Waals surface area contributed by atoms with E-state index in [1.165, 1.54) is 44.9 Å². The number of aryl methyl sites for hydroxylation is 1. The second kappa shape index (κ2) is 9.51. The highest BCUT2D eigenvalue weighted by molar-refractivity contribution is 5.39. The summed E-state index contributed by atoms with van der Waals surface area (Å²) < 4.78 is 0. The third kappa shape index (κ3) is 8.08. The minimum atomic E-state index is 0.124. The van der Waals surface area contributed by atoms with Crippen LogP contribution in [0.1, 0.15) is 83.4 Å². The summed E-state index contributed by atoms with van der Waals surface area (Å²) in [6.07, 6.45) is 18.4. The summed E-state index contributed by atoms with van der Waals surface area (Å²) in [7, 11) is 0. The molecular weight excluding hydrogens is 270 g/mol. The first kappa shape index (κ1) is 18.6. The zero-order valence-electron chi connectivity index (χ0n) is 14.5. The van der Waals surface area contributed by atoms with Crippen molar-refractivity contribution in [3.63, 3.8) is 0 Å². The summed E-state index contributed by atoms with van der Waals surface area (Å²) in [4.78, 5) is 4.08. The molecule has 0 unspecified atom stereocenters. The van der Waals surface area contributed by atoms with E-state index >= 15 is 0 Å². The van der Waals surface area contributed by atoms with Gasteiger partial charge in [0.25, 0.3) is 0 Å². The molecule has 0 aromatic carbocycles. The Morgan fingerprint density at radius 3 is 2.18 bits per heavy atom. The average molecular weight is 301 g/mol. The maximum absolute atomic E-state index is 9.67. The highest BCUT2D eigenvalue weighted by Crippen LogP contribution is 2.22. The van der Waals surface area contributed by atoms with Gasteiger partial charge in [0, 0.05) is 6.20 Å². The summed E-state index contributed by atoms with van der Waals surface area (Å²) in [6, 6.07) is 1.74. The van der Waals surface area contributed by atoms with Crippen LogP contribution in [0.25, 0.3) is 0 Å². The van der Waals surface area contributed by atoms with Crippen LogP contribution in [0.5, 0.6) is 5.75 Å². The zero-order valence-corrected chi connectivity index (χ0v) is 14.5. The Hall–Kier alpha value is -1.49. The summed E-state index contributed by atoms with van der Waals surface area (Å²) in [5.74, 6) is 2.50. The van der Waals surface area contributed by atoms with Crippen LogP contribution >= 0.6 is 0 Å². The lowest BCUT2D eigenvalue weighted by molar-refractivity contribution is 0.356. The molecule has 0 atom stereocenters. The second-order valence-corrected chi connectivity index (χ2v) is 7.39. The molecule has 2 heteroatoms. The largest absolute Gasteiger partial charge is 0.505 e. The molecule has 122 valence electrons. The van der Waals surface area contributed by atoms with Crippen molar-refractivity contribution in [1.82, 2.24) is 4.98 Å². The molecule has 0 fully saturated rings. The van der Waals surface area contributed by atoms with Gasteiger partial charge in [0.15, 0.2) is 5.69 Å². The molecule has 1 heterocycles. The Balaban J connectivity index is 2.04. The van der Waals surface area contributed by atoms with Gasteiger partial charge in [0.2, 0.25) is 0 Å². The first-order chi connectivity index (χ1) is 10.4. The molecule has 0 aliphatic heterocycles. The Morgan fingerprint density at radius 2 is 1.64 bits per heavy atom. The number of hydrogen-bond acceptors (Lipinski definition) is 2. The number of rotatable bonds is 9. The maximum atomic E-state index is 9.67. The molecule has 0 aliphatic carbocycles. The van der Waals surface area contributed by atoms with Crippen molar-refractivity contribution >= 4 is 0 Å². The van der Waals surface area contributed by atoms with Gasteiger partial charge in [-0.25, -0.2) is 4.98 Å². The van der Waals surface area contributed by atoms with E-state index in [4.69, 9.17) is 6.42 Å². The summed E-state index contributed by atoms with van der Waals surface area (Å²) in [5, 5.41) is 9.67. The number of terminal acetylenes is 1. The van der Waals surface area contributed by atoms with Gasteiger partial charge in [-0.05, 0) is 42.2 Å². The Kier molecular flexibility index (Phi) is 8.02. The van der Waals surface area contributed by atoms with Crippen LogP contribution in [0.3, 0.4) is 0 Å². The van der Waals surface area contributed by atoms with Crippen molar-refractivity contribution in [3.05, 3.63) is 23.5 Å². The predicted molar refractivity (Wildman–Crippen MR) is 93.9 cm³/mol. The number of pyridine rings is 1. The van der Waals surface area contributed by atoms with Crippen molar-refractivity contribution in [2.45, 2.75) is 78.6 Å². The second-order valence-electron chi connectivity index (χ2n) is 7.39. The lowest BCUT2D eigenvalue weighted by Crippen LogP contribution is -2.03. The van der Waals surface area contributed by atoms with Crippen molar-refractivity contribution in [1.29, 1.82) is 0 Å². The monoisotopic (exact) mass is 301 g/mol. The van der Waals surface area contributed by atoms with Crippen LogP contribution in [0.15, 0.2) is 12.3 Å². The molecule has 0 spiro atoms. The number of nitrogens with zero attached hydrogens (tertiary/aromatic N) is 1. The Labute approximate surface area is 136 Å². The van der Waals surface area contributed by atoms with E-state index in [9.17, 15) is 5.11 Å². The van der Waals surface area contributed by atoms with E-state index in [-0.39, 0.29) is 5.75 Å². The highest BCUT2D eigenvalue weighted by atomic mass is 16.3. The standard InChI is InChI=1S/C20H31NO/c1-5-18-19(22)15-17(16-21-18)13-11-9-7-6-8-10-12-14-20(2,3)4/h1,15-16,22H,6-14H2,2-4H3. The summed E-state index contributed by atoms with van der Waals surface area (Å²) in [5.41, 5.74) is 1.88. The molecule has 0 aliphatic rings. The fourth-order valence-electron chi connectivity index (χ4n) is 2.61. The first-order valence-corrected chi connectivity index (χ1v) is 8.57. The van der Waals surface area contributed by atoms with Crippen LogP contribution in [0.4, 0.5) is 0 Å². The third-order valence-corrected chi connectivity index (χ3v) is 3.95. The van der Waals surface area contributed by atoms with Crippen molar-refractivity contribution in [2.24, 2.45) is 5.41 Å². The minimum absolute atomic E-state index is 0.124. The third-order valence-electron chi connectivity index (χ3n) is 3.95. The number of aromatic nitrogens is 1. The van der Waals surface area contributed by atoms with Gasteiger partial charge in [0.05, 0.1) is 0 Å². The minimum Gasteiger partial charge on any atom is -0.505 e. The molecule has 22 heavy (non-hydrogen) atoms. The molecule has 1 N–H and O–H groups in total. The van der Waals surface area contributed by atoms with Gasteiger partial charge < -0.3 is 5.11 Å². The van der Waals surface area contributed by atoms with Gasteiger partial charge in [-0.2, -0.15) is 0 Å². The van der Waals surface area contributed by atoms with Crippen LogP contribution in [-0.2, 0) is 6.42 Å².